The normalized spacial score (nSPS) is 9.85. The molecule has 2 rings (SSSR count). The first-order valence-corrected chi connectivity index (χ1v) is 6.41. The predicted octanol–water partition coefficient (Wildman–Crippen LogP) is 3.81. The molecule has 0 spiro atoms. The van der Waals surface area contributed by atoms with Gasteiger partial charge in [-0.1, -0.05) is 36.4 Å². The number of nitrogens with one attached hydrogen (secondary N) is 1. The highest BCUT2D eigenvalue weighted by Crippen LogP contribution is 2.15. The van der Waals surface area contributed by atoms with E-state index in [0.29, 0.717) is 17.9 Å². The van der Waals surface area contributed by atoms with Crippen molar-refractivity contribution in [3.8, 4) is 5.75 Å². The number of amides is 1. The molecule has 3 nitrogen and oxygen atoms in total. The number of carbonyl (C=O) groups excluding carboxylic acids is 1. The molecule has 0 saturated heterocycles. The second-order valence-electron chi connectivity index (χ2n) is 4.45. The minimum atomic E-state index is -0.155. The third-order valence-corrected chi connectivity index (χ3v) is 2.77. The maximum absolute atomic E-state index is 12.1. The molecule has 0 saturated carbocycles. The SMILES string of the molecule is C=CCOc1cccc(C(=O)Nc2ccc(C)cc2)c1. The van der Waals surface area contributed by atoms with Crippen LogP contribution in [0.4, 0.5) is 5.69 Å². The van der Waals surface area contributed by atoms with Crippen LogP contribution >= 0.6 is 0 Å². The first-order chi connectivity index (χ1) is 9.69. The zero-order valence-corrected chi connectivity index (χ0v) is 11.4. The van der Waals surface area contributed by atoms with Gasteiger partial charge < -0.3 is 10.1 Å². The van der Waals surface area contributed by atoms with Crippen LogP contribution in [0.25, 0.3) is 0 Å². The minimum Gasteiger partial charge on any atom is -0.490 e. The molecule has 1 amide bonds. The lowest BCUT2D eigenvalue weighted by Gasteiger charge is -2.08. The number of ether oxygens (including phenoxy) is 1. The van der Waals surface area contributed by atoms with Crippen LogP contribution < -0.4 is 10.1 Å². The summed E-state index contributed by atoms with van der Waals surface area (Å²) in [5.41, 5.74) is 2.49. The van der Waals surface area contributed by atoms with Crippen molar-refractivity contribution in [3.05, 3.63) is 72.3 Å². The van der Waals surface area contributed by atoms with Crippen LogP contribution in [0.5, 0.6) is 5.75 Å². The molecule has 3 heteroatoms. The lowest BCUT2D eigenvalue weighted by molar-refractivity contribution is 0.102. The van der Waals surface area contributed by atoms with E-state index in [0.717, 1.165) is 11.3 Å². The van der Waals surface area contributed by atoms with Gasteiger partial charge in [0.2, 0.25) is 0 Å². The van der Waals surface area contributed by atoms with Crippen molar-refractivity contribution in [2.45, 2.75) is 6.92 Å². The van der Waals surface area contributed by atoms with Gasteiger partial charge in [-0.25, -0.2) is 0 Å². The van der Waals surface area contributed by atoms with E-state index >= 15 is 0 Å². The van der Waals surface area contributed by atoms with Crippen molar-refractivity contribution in [2.24, 2.45) is 0 Å². The Hall–Kier alpha value is -2.55. The van der Waals surface area contributed by atoms with Crippen LogP contribution in [0.2, 0.25) is 0 Å². The molecule has 0 unspecified atom stereocenters. The van der Waals surface area contributed by atoms with E-state index in [-0.39, 0.29) is 5.91 Å². The Labute approximate surface area is 118 Å². The fourth-order valence-corrected chi connectivity index (χ4v) is 1.72. The molecule has 0 aliphatic carbocycles. The molecule has 102 valence electrons. The molecule has 1 N–H and O–H groups in total. The number of aryl methyl sites for hydroxylation is 1. The highest BCUT2D eigenvalue weighted by molar-refractivity contribution is 6.04. The standard InChI is InChI=1S/C17H17NO2/c1-3-11-20-16-6-4-5-14(12-16)17(19)18-15-9-7-13(2)8-10-15/h3-10,12H,1,11H2,2H3,(H,18,19). The minimum absolute atomic E-state index is 0.155. The third-order valence-electron chi connectivity index (χ3n) is 2.77. The summed E-state index contributed by atoms with van der Waals surface area (Å²) >= 11 is 0. The summed E-state index contributed by atoms with van der Waals surface area (Å²) in [6.45, 7) is 6.02. The molecule has 20 heavy (non-hydrogen) atoms. The second-order valence-corrected chi connectivity index (χ2v) is 4.45. The van der Waals surface area contributed by atoms with Crippen LogP contribution in [-0.4, -0.2) is 12.5 Å². The summed E-state index contributed by atoms with van der Waals surface area (Å²) in [6.07, 6.45) is 1.67. The molecule has 2 aromatic rings. The fourth-order valence-electron chi connectivity index (χ4n) is 1.72. The summed E-state index contributed by atoms with van der Waals surface area (Å²) < 4.78 is 5.41. The van der Waals surface area contributed by atoms with Crippen LogP contribution in [-0.2, 0) is 0 Å². The molecule has 0 radical (unpaired) electrons. The van der Waals surface area contributed by atoms with E-state index in [1.807, 2.05) is 37.3 Å². The Morgan fingerprint density at radius 2 is 2.00 bits per heavy atom. The molecule has 0 bridgehead atoms. The largest absolute Gasteiger partial charge is 0.490 e. The van der Waals surface area contributed by atoms with E-state index in [2.05, 4.69) is 11.9 Å². The summed E-state index contributed by atoms with van der Waals surface area (Å²) in [7, 11) is 0. The molecule has 0 aliphatic heterocycles. The van der Waals surface area contributed by atoms with E-state index in [1.165, 1.54) is 0 Å². The first-order valence-electron chi connectivity index (χ1n) is 6.41. The van der Waals surface area contributed by atoms with Crippen molar-refractivity contribution in [1.29, 1.82) is 0 Å². The van der Waals surface area contributed by atoms with Crippen LogP contribution in [0.3, 0.4) is 0 Å². The predicted molar refractivity (Wildman–Crippen MR) is 81.3 cm³/mol. The highest BCUT2D eigenvalue weighted by atomic mass is 16.5. The van der Waals surface area contributed by atoms with E-state index in [9.17, 15) is 4.79 Å². The fraction of sp³-hybridized carbons (Fsp3) is 0.118. The van der Waals surface area contributed by atoms with Crippen molar-refractivity contribution < 1.29 is 9.53 Å². The Kier molecular flexibility index (Phi) is 4.56. The number of rotatable bonds is 5. The van der Waals surface area contributed by atoms with Gasteiger partial charge >= 0.3 is 0 Å². The van der Waals surface area contributed by atoms with Crippen molar-refractivity contribution in [1.82, 2.24) is 0 Å². The summed E-state index contributed by atoms with van der Waals surface area (Å²) in [6, 6.07) is 14.8. The molecule has 0 aliphatic rings. The van der Waals surface area contributed by atoms with Crippen LogP contribution in [0, 0.1) is 6.92 Å². The summed E-state index contributed by atoms with van der Waals surface area (Å²) in [4.78, 5) is 12.1. The van der Waals surface area contributed by atoms with E-state index < -0.39 is 0 Å². The van der Waals surface area contributed by atoms with Gasteiger partial charge in [0.15, 0.2) is 0 Å². The third kappa shape index (κ3) is 3.72. The average Bonchev–Trinajstić information content (AvgIpc) is 2.48. The highest BCUT2D eigenvalue weighted by Gasteiger charge is 2.07. The Morgan fingerprint density at radius 3 is 2.70 bits per heavy atom. The first kappa shape index (κ1) is 13.9. The number of carbonyl (C=O) groups is 1. The van der Waals surface area contributed by atoms with Crippen molar-refractivity contribution >= 4 is 11.6 Å². The van der Waals surface area contributed by atoms with Gasteiger partial charge in [0.1, 0.15) is 12.4 Å². The zero-order valence-electron chi connectivity index (χ0n) is 11.4. The van der Waals surface area contributed by atoms with Crippen LogP contribution in [0.15, 0.2) is 61.2 Å². The molecule has 0 atom stereocenters. The summed E-state index contributed by atoms with van der Waals surface area (Å²) in [5, 5.41) is 2.85. The maximum Gasteiger partial charge on any atom is 0.255 e. The topological polar surface area (TPSA) is 38.3 Å². The van der Waals surface area contributed by atoms with Gasteiger partial charge in [0.25, 0.3) is 5.91 Å². The van der Waals surface area contributed by atoms with Gasteiger partial charge in [-0.2, -0.15) is 0 Å². The van der Waals surface area contributed by atoms with Gasteiger partial charge in [0, 0.05) is 11.3 Å². The Balaban J connectivity index is 2.08. The Bertz CT molecular complexity index is 603. The molecule has 0 aromatic heterocycles. The molecule has 0 heterocycles. The zero-order chi connectivity index (χ0) is 14.4. The van der Waals surface area contributed by atoms with Crippen molar-refractivity contribution in [2.75, 3.05) is 11.9 Å². The van der Waals surface area contributed by atoms with Gasteiger partial charge in [-0.15, -0.1) is 0 Å². The number of benzene rings is 2. The smallest absolute Gasteiger partial charge is 0.255 e. The quantitative estimate of drug-likeness (QED) is 0.836. The van der Waals surface area contributed by atoms with E-state index in [4.69, 9.17) is 4.74 Å². The lowest BCUT2D eigenvalue weighted by atomic mass is 10.2. The molecular formula is C17H17NO2. The Morgan fingerprint density at radius 1 is 1.25 bits per heavy atom. The van der Waals surface area contributed by atoms with Gasteiger partial charge in [0.05, 0.1) is 0 Å². The molecule has 2 aromatic carbocycles. The number of anilines is 1. The average molecular weight is 267 g/mol. The summed E-state index contributed by atoms with van der Waals surface area (Å²) in [5.74, 6) is 0.499. The van der Waals surface area contributed by atoms with Crippen molar-refractivity contribution in [3.63, 3.8) is 0 Å². The van der Waals surface area contributed by atoms with Gasteiger partial charge in [-0.05, 0) is 37.3 Å². The molecular weight excluding hydrogens is 250 g/mol. The lowest BCUT2D eigenvalue weighted by Crippen LogP contribution is -2.11. The second kappa shape index (κ2) is 6.57. The van der Waals surface area contributed by atoms with E-state index in [1.54, 1.807) is 24.3 Å². The number of hydrogen-bond donors (Lipinski definition) is 1. The monoisotopic (exact) mass is 267 g/mol. The van der Waals surface area contributed by atoms with Gasteiger partial charge in [-0.3, -0.25) is 4.79 Å². The molecule has 0 fully saturated rings. The maximum atomic E-state index is 12.1. The number of hydrogen-bond acceptors (Lipinski definition) is 2. The van der Waals surface area contributed by atoms with Crippen LogP contribution in [0.1, 0.15) is 15.9 Å².